The summed E-state index contributed by atoms with van der Waals surface area (Å²) in [5, 5.41) is 10.8. The molecule has 0 spiro atoms. The van der Waals surface area contributed by atoms with Gasteiger partial charge in [0, 0.05) is 4.88 Å². The van der Waals surface area contributed by atoms with Gasteiger partial charge in [0.05, 0.1) is 11.5 Å². The molecule has 0 aromatic carbocycles. The summed E-state index contributed by atoms with van der Waals surface area (Å²) in [4.78, 5) is 1.19. The van der Waals surface area contributed by atoms with Gasteiger partial charge in [0.15, 0.2) is 0 Å². The molecule has 1 aromatic heterocycles. The van der Waals surface area contributed by atoms with Gasteiger partial charge in [0.2, 0.25) is 0 Å². The van der Waals surface area contributed by atoms with Crippen molar-refractivity contribution in [3.05, 3.63) is 28.5 Å². The second-order valence-electron chi connectivity index (χ2n) is 3.18. The van der Waals surface area contributed by atoms with Crippen LogP contribution in [0.3, 0.4) is 0 Å². The molecule has 1 heterocycles. The molecule has 1 rings (SSSR count). The van der Waals surface area contributed by atoms with E-state index in [1.165, 1.54) is 4.88 Å². The minimum atomic E-state index is -0.357. The highest BCUT2D eigenvalue weighted by molar-refractivity contribution is 7.10. The lowest BCUT2D eigenvalue weighted by molar-refractivity contribution is 0.647. The second kappa shape index (κ2) is 3.55. The molecule has 0 saturated heterocycles. The Morgan fingerprint density at radius 3 is 2.83 bits per heavy atom. The molecular formula is C10H11NS. The van der Waals surface area contributed by atoms with Crippen molar-refractivity contribution in [2.45, 2.75) is 13.8 Å². The molecule has 0 atom stereocenters. The Labute approximate surface area is 77.0 Å². The standard InChI is InChI=1S/C10H11NS/c1-10(2,8-11)6-5-9-4-3-7-12-9/h3-7H,1-2H3/b6-5-. The minimum Gasteiger partial charge on any atom is -0.197 e. The minimum absolute atomic E-state index is 0.357. The molecule has 12 heavy (non-hydrogen) atoms. The Bertz CT molecular complexity index is 301. The molecule has 1 aromatic rings. The van der Waals surface area contributed by atoms with Gasteiger partial charge in [0.1, 0.15) is 0 Å². The summed E-state index contributed by atoms with van der Waals surface area (Å²) >= 11 is 1.68. The normalized spacial score (nSPS) is 11.8. The lowest BCUT2D eigenvalue weighted by atomic mass is 9.95. The van der Waals surface area contributed by atoms with Gasteiger partial charge in [0.25, 0.3) is 0 Å². The van der Waals surface area contributed by atoms with Gasteiger partial charge in [-0.2, -0.15) is 5.26 Å². The zero-order valence-corrected chi connectivity index (χ0v) is 8.06. The largest absolute Gasteiger partial charge is 0.197 e. The molecule has 0 bridgehead atoms. The lowest BCUT2D eigenvalue weighted by Gasteiger charge is -2.06. The Kier molecular flexibility index (Phi) is 2.67. The summed E-state index contributed by atoms with van der Waals surface area (Å²) < 4.78 is 0. The maximum atomic E-state index is 8.72. The van der Waals surface area contributed by atoms with E-state index in [4.69, 9.17) is 5.26 Å². The molecule has 1 nitrogen and oxygen atoms in total. The zero-order chi connectivity index (χ0) is 9.03. The third-order valence-corrected chi connectivity index (χ3v) is 2.33. The van der Waals surface area contributed by atoms with Crippen molar-refractivity contribution >= 4 is 17.4 Å². The van der Waals surface area contributed by atoms with Crippen molar-refractivity contribution in [3.8, 4) is 6.07 Å². The van der Waals surface area contributed by atoms with Crippen molar-refractivity contribution < 1.29 is 0 Å². The summed E-state index contributed by atoms with van der Waals surface area (Å²) in [5.74, 6) is 0. The van der Waals surface area contributed by atoms with Crippen molar-refractivity contribution in [2.24, 2.45) is 5.41 Å². The third-order valence-electron chi connectivity index (χ3n) is 1.50. The topological polar surface area (TPSA) is 23.8 Å². The number of nitrogens with zero attached hydrogens (tertiary/aromatic N) is 1. The molecule has 0 radical (unpaired) electrons. The van der Waals surface area contributed by atoms with Crippen molar-refractivity contribution in [2.75, 3.05) is 0 Å². The predicted molar refractivity (Wildman–Crippen MR) is 52.7 cm³/mol. The molecule has 2 heteroatoms. The first kappa shape index (κ1) is 9.02. The highest BCUT2D eigenvalue weighted by atomic mass is 32.1. The van der Waals surface area contributed by atoms with E-state index in [1.54, 1.807) is 11.3 Å². The Balaban J connectivity index is 2.70. The number of nitriles is 1. The third kappa shape index (κ3) is 2.52. The summed E-state index contributed by atoms with van der Waals surface area (Å²) in [6.45, 7) is 3.80. The van der Waals surface area contributed by atoms with Gasteiger partial charge < -0.3 is 0 Å². The van der Waals surface area contributed by atoms with E-state index in [-0.39, 0.29) is 5.41 Å². The smallest absolute Gasteiger partial charge is 0.0725 e. The predicted octanol–water partition coefficient (Wildman–Crippen LogP) is 3.31. The maximum absolute atomic E-state index is 8.72. The fraction of sp³-hybridized carbons (Fsp3) is 0.300. The van der Waals surface area contributed by atoms with Crippen LogP contribution in [0.4, 0.5) is 0 Å². The van der Waals surface area contributed by atoms with Gasteiger partial charge in [-0.05, 0) is 31.4 Å². The van der Waals surface area contributed by atoms with Gasteiger partial charge in [-0.3, -0.25) is 0 Å². The van der Waals surface area contributed by atoms with Crippen LogP contribution < -0.4 is 0 Å². The summed E-state index contributed by atoms with van der Waals surface area (Å²) in [5.41, 5.74) is -0.357. The number of hydrogen-bond acceptors (Lipinski definition) is 2. The maximum Gasteiger partial charge on any atom is 0.0725 e. The summed E-state index contributed by atoms with van der Waals surface area (Å²) in [6, 6.07) is 6.26. The van der Waals surface area contributed by atoms with E-state index in [0.29, 0.717) is 0 Å². The van der Waals surface area contributed by atoms with Crippen LogP contribution >= 0.6 is 11.3 Å². The Morgan fingerprint density at radius 1 is 1.58 bits per heavy atom. The molecule has 0 aliphatic carbocycles. The Hall–Kier alpha value is -1.07. The molecule has 62 valence electrons. The monoisotopic (exact) mass is 177 g/mol. The van der Waals surface area contributed by atoms with Crippen molar-refractivity contribution in [1.82, 2.24) is 0 Å². The molecule has 0 fully saturated rings. The second-order valence-corrected chi connectivity index (χ2v) is 4.16. The van der Waals surface area contributed by atoms with Crippen LogP contribution in [-0.2, 0) is 0 Å². The van der Waals surface area contributed by atoms with Crippen LogP contribution in [0.15, 0.2) is 23.6 Å². The zero-order valence-electron chi connectivity index (χ0n) is 7.24. The fourth-order valence-electron chi connectivity index (χ4n) is 0.714. The van der Waals surface area contributed by atoms with Crippen LogP contribution in [0.1, 0.15) is 18.7 Å². The number of thiophene rings is 1. The molecule has 0 saturated carbocycles. The molecule has 0 amide bonds. The average Bonchev–Trinajstić information content (AvgIpc) is 2.53. The van der Waals surface area contributed by atoms with Crippen LogP contribution in [0.5, 0.6) is 0 Å². The van der Waals surface area contributed by atoms with E-state index in [9.17, 15) is 0 Å². The van der Waals surface area contributed by atoms with E-state index in [1.807, 2.05) is 43.5 Å². The molecule has 0 aliphatic rings. The molecular weight excluding hydrogens is 166 g/mol. The van der Waals surface area contributed by atoms with E-state index in [2.05, 4.69) is 6.07 Å². The summed E-state index contributed by atoms with van der Waals surface area (Å²) in [7, 11) is 0. The highest BCUT2D eigenvalue weighted by Crippen LogP contribution is 2.19. The first-order chi connectivity index (χ1) is 5.64. The van der Waals surface area contributed by atoms with Crippen LogP contribution in [0.2, 0.25) is 0 Å². The molecule has 0 unspecified atom stereocenters. The first-order valence-corrected chi connectivity index (χ1v) is 4.66. The van der Waals surface area contributed by atoms with Gasteiger partial charge in [-0.15, -0.1) is 11.3 Å². The van der Waals surface area contributed by atoms with Crippen molar-refractivity contribution in [1.29, 1.82) is 5.26 Å². The number of rotatable bonds is 2. The van der Waals surface area contributed by atoms with Gasteiger partial charge in [-0.1, -0.05) is 12.1 Å². The first-order valence-electron chi connectivity index (χ1n) is 3.78. The highest BCUT2D eigenvalue weighted by Gasteiger charge is 2.10. The van der Waals surface area contributed by atoms with Crippen LogP contribution in [-0.4, -0.2) is 0 Å². The number of allylic oxidation sites excluding steroid dienone is 1. The van der Waals surface area contributed by atoms with E-state index >= 15 is 0 Å². The van der Waals surface area contributed by atoms with Crippen molar-refractivity contribution in [3.63, 3.8) is 0 Å². The average molecular weight is 177 g/mol. The van der Waals surface area contributed by atoms with Crippen LogP contribution in [0.25, 0.3) is 6.08 Å². The lowest BCUT2D eigenvalue weighted by Crippen LogP contribution is -2.01. The fourth-order valence-corrected chi connectivity index (χ4v) is 1.33. The van der Waals surface area contributed by atoms with Gasteiger partial charge >= 0.3 is 0 Å². The SMILES string of the molecule is CC(C)(C#N)/C=C\c1cccs1. The summed E-state index contributed by atoms with van der Waals surface area (Å²) in [6.07, 6.45) is 3.92. The van der Waals surface area contributed by atoms with Gasteiger partial charge in [-0.25, -0.2) is 0 Å². The molecule has 0 N–H and O–H groups in total. The quantitative estimate of drug-likeness (QED) is 0.680. The molecule has 0 aliphatic heterocycles. The van der Waals surface area contributed by atoms with E-state index < -0.39 is 0 Å². The number of hydrogen-bond donors (Lipinski definition) is 0. The van der Waals surface area contributed by atoms with E-state index in [0.717, 1.165) is 0 Å². The Morgan fingerprint density at radius 2 is 2.33 bits per heavy atom. The van der Waals surface area contributed by atoms with Crippen LogP contribution in [0, 0.1) is 16.7 Å².